The number of nitrogens with zero attached hydrogens (tertiary/aromatic N) is 1. The molecule has 0 fully saturated rings. The first-order chi connectivity index (χ1) is 9.69. The number of benzene rings is 1. The molecular weight excluding hydrogens is 258 g/mol. The molecule has 0 saturated heterocycles. The van der Waals surface area contributed by atoms with Crippen LogP contribution in [0.5, 0.6) is 0 Å². The number of carbonyl (C=O) groups is 1. The van der Waals surface area contributed by atoms with E-state index in [-0.39, 0.29) is 4.92 Å². The van der Waals surface area contributed by atoms with Crippen LogP contribution in [-0.2, 0) is 16.1 Å². The van der Waals surface area contributed by atoms with Crippen LogP contribution in [0.25, 0.3) is 0 Å². The Bertz CT molecular complexity index is 408. The lowest BCUT2D eigenvalue weighted by molar-refractivity contribution is -0.529. The van der Waals surface area contributed by atoms with Crippen LogP contribution in [0, 0.1) is 16.0 Å². The molecule has 1 aromatic rings. The average Bonchev–Trinajstić information content (AvgIpc) is 2.46. The molecular formula is C15H21NO4. The lowest BCUT2D eigenvalue weighted by Crippen LogP contribution is -2.29. The van der Waals surface area contributed by atoms with Crippen molar-refractivity contribution >= 4 is 6.29 Å². The summed E-state index contributed by atoms with van der Waals surface area (Å²) in [7, 11) is 0. The Kier molecular flexibility index (Phi) is 7.50. The van der Waals surface area contributed by atoms with E-state index in [1.165, 1.54) is 0 Å². The van der Waals surface area contributed by atoms with Crippen molar-refractivity contribution in [3.63, 3.8) is 0 Å². The molecule has 5 heteroatoms. The van der Waals surface area contributed by atoms with Crippen molar-refractivity contribution in [2.45, 2.75) is 38.8 Å². The molecule has 0 aromatic heterocycles. The molecule has 0 radical (unpaired) electrons. The highest BCUT2D eigenvalue weighted by Gasteiger charge is 2.28. The first-order valence-electron chi connectivity index (χ1n) is 6.89. The molecule has 2 atom stereocenters. The molecule has 5 nitrogen and oxygen atoms in total. The molecule has 0 saturated carbocycles. The predicted molar refractivity (Wildman–Crippen MR) is 76.0 cm³/mol. The van der Waals surface area contributed by atoms with Crippen molar-refractivity contribution < 1.29 is 14.5 Å². The maximum absolute atomic E-state index is 10.9. The van der Waals surface area contributed by atoms with Gasteiger partial charge in [-0.25, -0.2) is 0 Å². The van der Waals surface area contributed by atoms with Gasteiger partial charge in [0, 0.05) is 18.0 Å². The molecule has 0 spiro atoms. The fourth-order valence-electron chi connectivity index (χ4n) is 2.14. The summed E-state index contributed by atoms with van der Waals surface area (Å²) in [6, 6.07) is 9.03. The molecule has 1 aromatic carbocycles. The van der Waals surface area contributed by atoms with E-state index in [0.29, 0.717) is 38.8 Å². The van der Waals surface area contributed by atoms with Gasteiger partial charge in [0.05, 0.1) is 12.5 Å². The summed E-state index contributed by atoms with van der Waals surface area (Å²) in [5.74, 6) is -0.518. The van der Waals surface area contributed by atoms with E-state index in [4.69, 9.17) is 4.74 Å². The van der Waals surface area contributed by atoms with E-state index in [9.17, 15) is 14.9 Å². The zero-order chi connectivity index (χ0) is 14.8. The first-order valence-corrected chi connectivity index (χ1v) is 6.89. The van der Waals surface area contributed by atoms with Crippen molar-refractivity contribution in [1.82, 2.24) is 0 Å². The van der Waals surface area contributed by atoms with Gasteiger partial charge in [-0.3, -0.25) is 10.1 Å². The molecule has 0 aliphatic carbocycles. The molecule has 0 amide bonds. The van der Waals surface area contributed by atoms with Crippen LogP contribution in [-0.4, -0.2) is 23.9 Å². The van der Waals surface area contributed by atoms with Gasteiger partial charge < -0.3 is 9.53 Å². The average molecular weight is 279 g/mol. The summed E-state index contributed by atoms with van der Waals surface area (Å²) < 4.78 is 5.50. The predicted octanol–water partition coefficient (Wildman–Crippen LogP) is 2.85. The van der Waals surface area contributed by atoms with Crippen molar-refractivity contribution in [2.24, 2.45) is 5.92 Å². The SMILES string of the molecule is CC[C@H]([C@H](C=O)CCCOCc1ccccc1)[N+](=O)[O-]. The van der Waals surface area contributed by atoms with Crippen LogP contribution >= 0.6 is 0 Å². The van der Waals surface area contributed by atoms with Gasteiger partial charge in [0.25, 0.3) is 0 Å². The topological polar surface area (TPSA) is 69.4 Å². The third kappa shape index (κ3) is 5.48. The van der Waals surface area contributed by atoms with E-state index in [1.807, 2.05) is 30.3 Å². The van der Waals surface area contributed by atoms with Gasteiger partial charge in [-0.15, -0.1) is 0 Å². The zero-order valence-corrected chi connectivity index (χ0v) is 11.7. The van der Waals surface area contributed by atoms with E-state index in [2.05, 4.69) is 0 Å². The monoisotopic (exact) mass is 279 g/mol. The Labute approximate surface area is 119 Å². The molecule has 0 N–H and O–H groups in total. The minimum absolute atomic E-state index is 0.357. The van der Waals surface area contributed by atoms with Crippen LogP contribution in [0.2, 0.25) is 0 Å². The molecule has 20 heavy (non-hydrogen) atoms. The van der Waals surface area contributed by atoms with E-state index in [1.54, 1.807) is 6.92 Å². The second kappa shape index (κ2) is 9.20. The van der Waals surface area contributed by atoms with Crippen LogP contribution in [0.1, 0.15) is 31.7 Å². The number of nitro groups is 1. The zero-order valence-electron chi connectivity index (χ0n) is 11.7. The highest BCUT2D eigenvalue weighted by molar-refractivity contribution is 5.54. The summed E-state index contributed by atoms with van der Waals surface area (Å²) in [4.78, 5) is 21.4. The highest BCUT2D eigenvalue weighted by Crippen LogP contribution is 2.15. The maximum Gasteiger partial charge on any atom is 0.222 e. The Balaban J connectivity index is 2.25. The van der Waals surface area contributed by atoms with Gasteiger partial charge in [-0.1, -0.05) is 37.3 Å². The second-order valence-electron chi connectivity index (χ2n) is 4.74. The second-order valence-corrected chi connectivity index (χ2v) is 4.74. The molecule has 0 heterocycles. The van der Waals surface area contributed by atoms with Gasteiger partial charge in [-0.2, -0.15) is 0 Å². The molecule has 0 aliphatic heterocycles. The third-order valence-corrected chi connectivity index (χ3v) is 3.30. The molecule has 0 unspecified atom stereocenters. The first kappa shape index (κ1) is 16.3. The molecule has 1 rings (SSSR count). The Morgan fingerprint density at radius 3 is 2.60 bits per heavy atom. The van der Waals surface area contributed by atoms with Crippen molar-refractivity contribution in [3.8, 4) is 0 Å². The lowest BCUT2D eigenvalue weighted by Gasteiger charge is -2.14. The summed E-state index contributed by atoms with van der Waals surface area (Å²) in [5, 5.41) is 10.8. The fraction of sp³-hybridized carbons (Fsp3) is 0.533. The summed E-state index contributed by atoms with van der Waals surface area (Å²) in [5.41, 5.74) is 1.09. The smallest absolute Gasteiger partial charge is 0.222 e. The standard InChI is InChI=1S/C15H21NO4/c1-2-15(16(18)19)14(11-17)9-6-10-20-12-13-7-4-3-5-8-13/h3-5,7-8,11,14-15H,2,6,9-10,12H2,1H3/t14-,15+/m0/s1. The Morgan fingerprint density at radius 2 is 2.05 bits per heavy atom. The summed E-state index contributed by atoms with van der Waals surface area (Å²) in [6.07, 6.45) is 2.23. The number of rotatable bonds is 10. The molecule has 0 aliphatic rings. The van der Waals surface area contributed by atoms with E-state index < -0.39 is 12.0 Å². The van der Waals surface area contributed by atoms with E-state index in [0.717, 1.165) is 5.56 Å². The largest absolute Gasteiger partial charge is 0.377 e. The molecule has 0 bridgehead atoms. The van der Waals surface area contributed by atoms with Crippen LogP contribution in [0.4, 0.5) is 0 Å². The number of hydrogen-bond donors (Lipinski definition) is 0. The van der Waals surface area contributed by atoms with Gasteiger partial charge in [0.1, 0.15) is 6.29 Å². The van der Waals surface area contributed by atoms with Gasteiger partial charge in [0.2, 0.25) is 6.04 Å². The molecule has 110 valence electrons. The lowest BCUT2D eigenvalue weighted by atomic mass is 9.95. The van der Waals surface area contributed by atoms with Crippen molar-refractivity contribution in [3.05, 3.63) is 46.0 Å². The summed E-state index contributed by atoms with van der Waals surface area (Å²) >= 11 is 0. The number of hydrogen-bond acceptors (Lipinski definition) is 4. The van der Waals surface area contributed by atoms with E-state index >= 15 is 0 Å². The van der Waals surface area contributed by atoms with Crippen LogP contribution < -0.4 is 0 Å². The van der Waals surface area contributed by atoms with Crippen LogP contribution in [0.3, 0.4) is 0 Å². The maximum atomic E-state index is 10.9. The highest BCUT2D eigenvalue weighted by atomic mass is 16.6. The minimum atomic E-state index is -0.776. The number of ether oxygens (including phenoxy) is 1. The third-order valence-electron chi connectivity index (χ3n) is 3.30. The van der Waals surface area contributed by atoms with Crippen molar-refractivity contribution in [2.75, 3.05) is 6.61 Å². The number of carbonyl (C=O) groups excluding carboxylic acids is 1. The fourth-order valence-corrected chi connectivity index (χ4v) is 2.14. The Morgan fingerprint density at radius 1 is 1.35 bits per heavy atom. The summed E-state index contributed by atoms with van der Waals surface area (Å²) in [6.45, 7) is 2.77. The van der Waals surface area contributed by atoms with Gasteiger partial charge in [0.15, 0.2) is 0 Å². The minimum Gasteiger partial charge on any atom is -0.377 e. The van der Waals surface area contributed by atoms with Crippen LogP contribution in [0.15, 0.2) is 30.3 Å². The van der Waals surface area contributed by atoms with Gasteiger partial charge >= 0.3 is 0 Å². The number of aldehydes is 1. The van der Waals surface area contributed by atoms with Crippen molar-refractivity contribution in [1.29, 1.82) is 0 Å². The normalized spacial score (nSPS) is 13.7. The quantitative estimate of drug-likeness (QED) is 0.286. The Hall–Kier alpha value is -1.75. The van der Waals surface area contributed by atoms with Gasteiger partial charge in [-0.05, 0) is 18.4 Å².